The molecule has 4 heterocycles. The molecule has 0 spiro atoms. The molecule has 3 atom stereocenters. The first-order chi connectivity index (χ1) is 16.0. The second kappa shape index (κ2) is 8.31. The topological polar surface area (TPSA) is 93.5 Å². The van der Waals surface area contributed by atoms with Crippen LogP contribution in [0.2, 0.25) is 0 Å². The van der Waals surface area contributed by atoms with Crippen molar-refractivity contribution in [1.29, 1.82) is 0 Å². The number of ether oxygens (including phenoxy) is 1. The Morgan fingerprint density at radius 1 is 1.09 bits per heavy atom. The number of anilines is 1. The fourth-order valence-corrected chi connectivity index (χ4v) is 4.75. The predicted molar refractivity (Wildman–Crippen MR) is 121 cm³/mol. The number of hydrogen-bond donors (Lipinski definition) is 0. The lowest BCUT2D eigenvalue weighted by Gasteiger charge is -2.42. The summed E-state index contributed by atoms with van der Waals surface area (Å²) >= 11 is 0. The number of carbonyl (C=O) groups excluding carboxylic acids is 2. The van der Waals surface area contributed by atoms with Crippen molar-refractivity contribution in [3.63, 3.8) is 0 Å². The van der Waals surface area contributed by atoms with E-state index in [-0.39, 0.29) is 30.1 Å². The number of nitrogens with zero attached hydrogens (tertiary/aromatic N) is 6. The van der Waals surface area contributed by atoms with Crippen molar-refractivity contribution in [2.24, 2.45) is 0 Å². The van der Waals surface area contributed by atoms with Gasteiger partial charge in [-0.1, -0.05) is 12.1 Å². The fraction of sp³-hybridized carbons (Fsp3) is 0.375. The number of aromatic nitrogens is 4. The highest BCUT2D eigenvalue weighted by atomic mass is 16.5. The summed E-state index contributed by atoms with van der Waals surface area (Å²) in [4.78, 5) is 36.0. The smallest absolute Gasteiger partial charge is 0.342 e. The summed E-state index contributed by atoms with van der Waals surface area (Å²) in [5.74, 6) is 0.202. The van der Waals surface area contributed by atoms with Gasteiger partial charge in [0, 0.05) is 37.4 Å². The SMILES string of the molecule is C[C@@H]1CC[C@@H](N(C)c2nccc3c2C(=O)O[C@@H]3C)CN1C(=O)c1ccccc1-n1nccn1. The molecule has 0 radical (unpaired) electrons. The molecular formula is C24H26N6O3. The molecular weight excluding hydrogens is 420 g/mol. The Labute approximate surface area is 192 Å². The maximum atomic E-state index is 13.7. The largest absolute Gasteiger partial charge is 0.454 e. The molecule has 9 nitrogen and oxygen atoms in total. The number of amides is 1. The Kier molecular flexibility index (Phi) is 5.32. The molecule has 1 fully saturated rings. The number of rotatable bonds is 4. The van der Waals surface area contributed by atoms with E-state index in [9.17, 15) is 9.59 Å². The lowest BCUT2D eigenvalue weighted by molar-refractivity contribution is 0.0421. The van der Waals surface area contributed by atoms with Gasteiger partial charge in [0.2, 0.25) is 0 Å². The number of carbonyl (C=O) groups is 2. The molecule has 2 aliphatic heterocycles. The van der Waals surface area contributed by atoms with E-state index in [0.717, 1.165) is 18.4 Å². The number of para-hydroxylation sites is 1. The third kappa shape index (κ3) is 3.63. The van der Waals surface area contributed by atoms with Crippen LogP contribution in [0, 0.1) is 0 Å². The second-order valence-corrected chi connectivity index (χ2v) is 8.63. The first-order valence-corrected chi connectivity index (χ1v) is 11.1. The number of fused-ring (bicyclic) bond motifs is 1. The Hall–Kier alpha value is -3.75. The van der Waals surface area contributed by atoms with Crippen LogP contribution in [0.5, 0.6) is 0 Å². The van der Waals surface area contributed by atoms with Crippen LogP contribution in [0.3, 0.4) is 0 Å². The highest BCUT2D eigenvalue weighted by molar-refractivity contribution is 5.99. The van der Waals surface area contributed by atoms with E-state index in [1.807, 2.05) is 54.1 Å². The third-order valence-corrected chi connectivity index (χ3v) is 6.66. The molecule has 0 bridgehead atoms. The number of piperidine rings is 1. The van der Waals surface area contributed by atoms with Crippen molar-refractivity contribution in [2.45, 2.75) is 44.9 Å². The Morgan fingerprint density at radius 3 is 2.64 bits per heavy atom. The van der Waals surface area contributed by atoms with Gasteiger partial charge in [-0.2, -0.15) is 15.0 Å². The molecule has 2 aliphatic rings. The molecule has 0 unspecified atom stereocenters. The van der Waals surface area contributed by atoms with Crippen molar-refractivity contribution in [2.75, 3.05) is 18.5 Å². The van der Waals surface area contributed by atoms with Gasteiger partial charge < -0.3 is 14.5 Å². The summed E-state index contributed by atoms with van der Waals surface area (Å²) in [5.41, 5.74) is 2.59. The Balaban J connectivity index is 1.43. The van der Waals surface area contributed by atoms with Crippen molar-refractivity contribution in [3.05, 3.63) is 65.6 Å². The molecule has 3 aromatic rings. The van der Waals surface area contributed by atoms with E-state index >= 15 is 0 Å². The summed E-state index contributed by atoms with van der Waals surface area (Å²) < 4.78 is 5.41. The van der Waals surface area contributed by atoms with Gasteiger partial charge in [-0.25, -0.2) is 9.78 Å². The number of likely N-dealkylation sites (N-methyl/N-ethyl adjacent to an activating group) is 1. The van der Waals surface area contributed by atoms with Crippen LogP contribution < -0.4 is 4.90 Å². The lowest BCUT2D eigenvalue weighted by atomic mass is 9.96. The van der Waals surface area contributed by atoms with Crippen LogP contribution in [-0.2, 0) is 4.74 Å². The first kappa shape index (κ1) is 21.1. The highest BCUT2D eigenvalue weighted by Gasteiger charge is 2.37. The molecule has 1 aromatic carbocycles. The van der Waals surface area contributed by atoms with Crippen LogP contribution >= 0.6 is 0 Å². The third-order valence-electron chi connectivity index (χ3n) is 6.66. The minimum absolute atomic E-state index is 0.0165. The zero-order valence-corrected chi connectivity index (χ0v) is 18.9. The van der Waals surface area contributed by atoms with Crippen LogP contribution in [0.15, 0.2) is 48.9 Å². The molecule has 9 heteroatoms. The van der Waals surface area contributed by atoms with Gasteiger partial charge >= 0.3 is 5.97 Å². The Morgan fingerprint density at radius 2 is 1.85 bits per heavy atom. The fourth-order valence-electron chi connectivity index (χ4n) is 4.75. The first-order valence-electron chi connectivity index (χ1n) is 11.1. The van der Waals surface area contributed by atoms with E-state index in [0.29, 0.717) is 29.2 Å². The van der Waals surface area contributed by atoms with Gasteiger partial charge in [-0.15, -0.1) is 0 Å². The number of cyclic esters (lactones) is 1. The zero-order chi connectivity index (χ0) is 23.1. The zero-order valence-electron chi connectivity index (χ0n) is 18.9. The van der Waals surface area contributed by atoms with E-state index in [4.69, 9.17) is 4.74 Å². The molecule has 5 rings (SSSR count). The monoisotopic (exact) mass is 446 g/mol. The molecule has 1 saturated heterocycles. The second-order valence-electron chi connectivity index (χ2n) is 8.63. The Bertz CT molecular complexity index is 1190. The maximum absolute atomic E-state index is 13.7. The summed E-state index contributed by atoms with van der Waals surface area (Å²) in [5, 5.41) is 8.40. The lowest BCUT2D eigenvalue weighted by Crippen LogP contribution is -2.53. The molecule has 0 N–H and O–H groups in total. The van der Waals surface area contributed by atoms with Gasteiger partial charge in [-0.3, -0.25) is 4.79 Å². The summed E-state index contributed by atoms with van der Waals surface area (Å²) in [6.07, 6.45) is 6.35. The van der Waals surface area contributed by atoms with Gasteiger partial charge in [0.1, 0.15) is 17.5 Å². The summed E-state index contributed by atoms with van der Waals surface area (Å²) in [6, 6.07) is 9.31. The van der Waals surface area contributed by atoms with Crippen LogP contribution in [0.25, 0.3) is 5.69 Å². The minimum Gasteiger partial charge on any atom is -0.454 e. The maximum Gasteiger partial charge on any atom is 0.342 e. The van der Waals surface area contributed by atoms with Crippen LogP contribution in [-0.4, -0.2) is 62.4 Å². The number of hydrogen-bond acceptors (Lipinski definition) is 7. The summed E-state index contributed by atoms with van der Waals surface area (Å²) in [6.45, 7) is 4.45. The quantitative estimate of drug-likeness (QED) is 0.569. The van der Waals surface area contributed by atoms with Crippen molar-refractivity contribution in [1.82, 2.24) is 24.9 Å². The number of likely N-dealkylation sites (tertiary alicyclic amines) is 1. The predicted octanol–water partition coefficient (Wildman–Crippen LogP) is 3.02. The van der Waals surface area contributed by atoms with E-state index in [2.05, 4.69) is 22.1 Å². The normalized spacial score (nSPS) is 22.1. The standard InChI is InChI=1S/C24H26N6O3/c1-15-8-9-17(28(3)22-21-18(10-11-25-22)16(2)33-24(21)32)14-29(15)23(31)19-6-4-5-7-20(19)30-26-12-13-27-30/h4-7,10-13,15-17H,8-9,14H2,1-3H3/t15-,16-,17-/m1/s1. The van der Waals surface area contributed by atoms with Gasteiger partial charge in [0.25, 0.3) is 5.91 Å². The van der Waals surface area contributed by atoms with Gasteiger partial charge in [0.15, 0.2) is 0 Å². The molecule has 170 valence electrons. The van der Waals surface area contributed by atoms with E-state index < -0.39 is 0 Å². The number of pyridine rings is 1. The summed E-state index contributed by atoms with van der Waals surface area (Å²) in [7, 11) is 1.93. The molecule has 33 heavy (non-hydrogen) atoms. The highest BCUT2D eigenvalue weighted by Crippen LogP contribution is 2.36. The molecule has 2 aromatic heterocycles. The molecule has 0 saturated carbocycles. The van der Waals surface area contributed by atoms with E-state index in [1.165, 1.54) is 4.80 Å². The molecule has 0 aliphatic carbocycles. The van der Waals surface area contributed by atoms with Gasteiger partial charge in [0.05, 0.1) is 23.6 Å². The van der Waals surface area contributed by atoms with E-state index in [1.54, 1.807) is 18.6 Å². The van der Waals surface area contributed by atoms with Crippen LogP contribution in [0.1, 0.15) is 59.1 Å². The average Bonchev–Trinajstić information content (AvgIpc) is 3.47. The number of esters is 1. The average molecular weight is 447 g/mol. The van der Waals surface area contributed by atoms with Gasteiger partial charge in [-0.05, 0) is 44.9 Å². The minimum atomic E-state index is -0.342. The molecule has 1 amide bonds. The number of benzene rings is 1. The van der Waals surface area contributed by atoms with Crippen molar-refractivity contribution < 1.29 is 14.3 Å². The van der Waals surface area contributed by atoms with Crippen molar-refractivity contribution in [3.8, 4) is 5.69 Å². The van der Waals surface area contributed by atoms with Crippen LogP contribution in [0.4, 0.5) is 5.82 Å². The van der Waals surface area contributed by atoms with Crippen molar-refractivity contribution >= 4 is 17.7 Å².